The van der Waals surface area contributed by atoms with E-state index >= 15 is 0 Å². The minimum Gasteiger partial charge on any atom is -0.350 e. The molecule has 1 spiro atoms. The van der Waals surface area contributed by atoms with Gasteiger partial charge in [0.05, 0.1) is 11.0 Å². The van der Waals surface area contributed by atoms with E-state index < -0.39 is 0 Å². The zero-order chi connectivity index (χ0) is 23.3. The first-order chi connectivity index (χ1) is 16.6. The maximum Gasteiger partial charge on any atom is 0.267 e. The highest BCUT2D eigenvalue weighted by molar-refractivity contribution is 6.07. The molecular weight excluding hydrogens is 428 g/mol. The van der Waals surface area contributed by atoms with Gasteiger partial charge >= 0.3 is 0 Å². The van der Waals surface area contributed by atoms with Crippen molar-refractivity contribution in [3.8, 4) is 0 Å². The van der Waals surface area contributed by atoms with E-state index in [-0.39, 0.29) is 17.2 Å². The van der Waals surface area contributed by atoms with Gasteiger partial charge in [-0.2, -0.15) is 0 Å². The van der Waals surface area contributed by atoms with Crippen LogP contribution in [0.25, 0.3) is 21.9 Å². The summed E-state index contributed by atoms with van der Waals surface area (Å²) in [5.41, 5.74) is 4.16. The van der Waals surface area contributed by atoms with Crippen LogP contribution in [0.3, 0.4) is 0 Å². The molecule has 2 aromatic heterocycles. The lowest BCUT2D eigenvalue weighted by Crippen LogP contribution is -2.27. The van der Waals surface area contributed by atoms with Crippen LogP contribution in [0.15, 0.2) is 48.5 Å². The molecule has 6 rings (SSSR count). The third-order valence-corrected chi connectivity index (χ3v) is 7.16. The smallest absolute Gasteiger partial charge is 0.267 e. The minimum absolute atomic E-state index is 0.0405. The number of rotatable bonds is 6. The number of aryl methyl sites for hydroxylation is 1. The van der Waals surface area contributed by atoms with Gasteiger partial charge in [0.2, 0.25) is 5.95 Å². The molecule has 2 aliphatic rings. The molecule has 8 nitrogen and oxygen atoms in total. The van der Waals surface area contributed by atoms with E-state index in [4.69, 9.17) is 0 Å². The highest BCUT2D eigenvalue weighted by atomic mass is 16.2. The van der Waals surface area contributed by atoms with Crippen LogP contribution in [0.4, 0.5) is 5.95 Å². The third-order valence-electron chi connectivity index (χ3n) is 7.16. The largest absolute Gasteiger partial charge is 0.350 e. The topological polar surface area (TPSA) is 93.0 Å². The zero-order valence-electron chi connectivity index (χ0n) is 19.2. The van der Waals surface area contributed by atoms with Crippen LogP contribution in [0, 0.1) is 5.41 Å². The molecule has 0 radical (unpaired) electrons. The second-order valence-electron chi connectivity index (χ2n) is 9.56. The molecular formula is C26H28N6O2. The highest BCUT2D eigenvalue weighted by Gasteiger charge is 2.45. The van der Waals surface area contributed by atoms with Crippen LogP contribution in [-0.4, -0.2) is 46.1 Å². The fraction of sp³-hybridized carbons (Fsp3) is 0.346. The van der Waals surface area contributed by atoms with Crippen molar-refractivity contribution in [2.24, 2.45) is 5.41 Å². The quantitative estimate of drug-likeness (QED) is 0.388. The molecule has 0 bridgehead atoms. The summed E-state index contributed by atoms with van der Waals surface area (Å²) in [6, 6.07) is 15.5. The molecule has 0 saturated heterocycles. The Labute approximate surface area is 197 Å². The average Bonchev–Trinajstić information content (AvgIpc) is 3.44. The van der Waals surface area contributed by atoms with Crippen LogP contribution < -0.4 is 16.0 Å². The van der Waals surface area contributed by atoms with Gasteiger partial charge < -0.3 is 19.8 Å². The molecule has 1 aliphatic heterocycles. The second-order valence-corrected chi connectivity index (χ2v) is 9.56. The number of carbonyl (C=O) groups excluding carboxylic acids is 2. The number of nitrogens with zero attached hydrogens (tertiary/aromatic N) is 3. The first-order valence-electron chi connectivity index (χ1n) is 11.9. The average molecular weight is 457 g/mol. The van der Waals surface area contributed by atoms with Gasteiger partial charge in [-0.25, -0.2) is 4.98 Å². The van der Waals surface area contributed by atoms with Crippen LogP contribution in [0.2, 0.25) is 0 Å². The van der Waals surface area contributed by atoms with Gasteiger partial charge in [0.1, 0.15) is 5.69 Å². The van der Waals surface area contributed by atoms with Gasteiger partial charge in [-0.3, -0.25) is 14.9 Å². The summed E-state index contributed by atoms with van der Waals surface area (Å²) in [7, 11) is 1.93. The van der Waals surface area contributed by atoms with E-state index in [1.54, 1.807) is 0 Å². The molecule has 1 fully saturated rings. The lowest BCUT2D eigenvalue weighted by atomic mass is 10.1. The van der Waals surface area contributed by atoms with Crippen molar-refractivity contribution in [2.75, 3.05) is 25.5 Å². The normalized spacial score (nSPS) is 16.4. The molecule has 0 unspecified atom stereocenters. The SMILES string of the molecule is CNCCCn1c(NC(=O)c2ccc3cc4n(c3c2)CC2(CC2)CNC4=O)nc2ccccc21. The summed E-state index contributed by atoms with van der Waals surface area (Å²) < 4.78 is 4.15. The van der Waals surface area contributed by atoms with Gasteiger partial charge in [0.15, 0.2) is 0 Å². The van der Waals surface area contributed by atoms with Crippen LogP contribution >= 0.6 is 0 Å². The Kier molecular flexibility index (Phi) is 4.91. The Balaban J connectivity index is 1.34. The Hall–Kier alpha value is -3.65. The number of nitrogens with one attached hydrogen (secondary N) is 3. The highest BCUT2D eigenvalue weighted by Crippen LogP contribution is 2.48. The second kappa shape index (κ2) is 7.99. The molecule has 34 heavy (non-hydrogen) atoms. The van der Waals surface area contributed by atoms with Gasteiger partial charge in [-0.15, -0.1) is 0 Å². The molecule has 2 amide bonds. The Morgan fingerprint density at radius 3 is 2.82 bits per heavy atom. The first-order valence-corrected chi connectivity index (χ1v) is 11.9. The number of hydrogen-bond donors (Lipinski definition) is 3. The number of imidazole rings is 1. The van der Waals surface area contributed by atoms with E-state index in [1.165, 1.54) is 0 Å². The van der Waals surface area contributed by atoms with Crippen molar-refractivity contribution in [1.29, 1.82) is 0 Å². The Morgan fingerprint density at radius 1 is 1.15 bits per heavy atom. The van der Waals surface area contributed by atoms with E-state index in [0.29, 0.717) is 17.2 Å². The van der Waals surface area contributed by atoms with Crippen molar-refractivity contribution >= 4 is 39.7 Å². The fourth-order valence-corrected chi connectivity index (χ4v) is 5.00. The summed E-state index contributed by atoms with van der Waals surface area (Å²) in [6.45, 7) is 3.15. The van der Waals surface area contributed by atoms with Gasteiger partial charge in [0, 0.05) is 41.5 Å². The lowest BCUT2D eigenvalue weighted by molar-refractivity contribution is 0.0946. The molecule has 8 heteroatoms. The number of anilines is 1. The molecule has 174 valence electrons. The number of benzene rings is 2. The number of para-hydroxylation sites is 2. The van der Waals surface area contributed by atoms with Crippen molar-refractivity contribution in [1.82, 2.24) is 24.8 Å². The summed E-state index contributed by atoms with van der Waals surface area (Å²) in [5.74, 6) is 0.302. The lowest BCUT2D eigenvalue weighted by Gasteiger charge is -2.14. The van der Waals surface area contributed by atoms with E-state index in [9.17, 15) is 9.59 Å². The van der Waals surface area contributed by atoms with E-state index in [2.05, 4.69) is 30.1 Å². The first kappa shape index (κ1) is 20.9. The zero-order valence-corrected chi connectivity index (χ0v) is 19.2. The van der Waals surface area contributed by atoms with Gasteiger partial charge in [0.25, 0.3) is 11.8 Å². The number of fused-ring (bicyclic) bond motifs is 4. The van der Waals surface area contributed by atoms with E-state index in [1.807, 2.05) is 55.6 Å². The van der Waals surface area contributed by atoms with Crippen molar-refractivity contribution in [3.05, 3.63) is 59.8 Å². The third kappa shape index (κ3) is 3.54. The summed E-state index contributed by atoms with van der Waals surface area (Å²) in [5, 5.41) is 10.2. The number of carbonyl (C=O) groups is 2. The number of aromatic nitrogens is 3. The predicted molar refractivity (Wildman–Crippen MR) is 132 cm³/mol. The van der Waals surface area contributed by atoms with Gasteiger partial charge in [-0.05, 0) is 63.2 Å². The molecule has 3 heterocycles. The maximum absolute atomic E-state index is 13.3. The standard InChI is InChI=1S/C26H28N6O2/c1-27-11-4-12-31-20-6-3-2-5-19(20)29-25(31)30-23(33)18-8-7-17-13-22-24(34)28-15-26(9-10-26)16-32(22)21(17)14-18/h2-3,5-8,13-14,27H,4,9-12,15-16H2,1H3,(H,28,34)(H,29,30,33). The summed E-state index contributed by atoms with van der Waals surface area (Å²) in [4.78, 5) is 30.6. The molecule has 3 N–H and O–H groups in total. The molecule has 1 saturated carbocycles. The van der Waals surface area contributed by atoms with Crippen molar-refractivity contribution in [3.63, 3.8) is 0 Å². The Morgan fingerprint density at radius 2 is 2.00 bits per heavy atom. The molecule has 4 aromatic rings. The number of hydrogen-bond acceptors (Lipinski definition) is 4. The van der Waals surface area contributed by atoms with Crippen LogP contribution in [0.1, 0.15) is 40.1 Å². The Bertz CT molecular complexity index is 1430. The maximum atomic E-state index is 13.3. The van der Waals surface area contributed by atoms with Crippen LogP contribution in [-0.2, 0) is 13.1 Å². The minimum atomic E-state index is -0.207. The summed E-state index contributed by atoms with van der Waals surface area (Å²) in [6.07, 6.45) is 3.17. The molecule has 2 aromatic carbocycles. The monoisotopic (exact) mass is 456 g/mol. The van der Waals surface area contributed by atoms with E-state index in [0.717, 1.165) is 67.4 Å². The van der Waals surface area contributed by atoms with Gasteiger partial charge in [-0.1, -0.05) is 18.2 Å². The van der Waals surface area contributed by atoms with Crippen molar-refractivity contribution < 1.29 is 9.59 Å². The molecule has 1 aliphatic carbocycles. The van der Waals surface area contributed by atoms with Crippen molar-refractivity contribution in [2.45, 2.75) is 32.4 Å². The van der Waals surface area contributed by atoms with Crippen LogP contribution in [0.5, 0.6) is 0 Å². The predicted octanol–water partition coefficient (Wildman–Crippen LogP) is 3.38. The molecule has 0 atom stereocenters. The number of amides is 2. The summed E-state index contributed by atoms with van der Waals surface area (Å²) >= 11 is 0. The fourth-order valence-electron chi connectivity index (χ4n) is 5.00.